The van der Waals surface area contributed by atoms with Gasteiger partial charge in [-0.1, -0.05) is 18.2 Å². The Morgan fingerprint density at radius 3 is 2.62 bits per heavy atom. The Morgan fingerprint density at radius 1 is 1.15 bits per heavy atom. The van der Waals surface area contributed by atoms with E-state index in [1.165, 1.54) is 33.7 Å². The predicted octanol–water partition coefficient (Wildman–Crippen LogP) is 1.53. The van der Waals surface area contributed by atoms with Crippen molar-refractivity contribution in [2.45, 2.75) is 11.7 Å². The van der Waals surface area contributed by atoms with Crippen molar-refractivity contribution in [1.29, 1.82) is 0 Å². The van der Waals surface area contributed by atoms with Gasteiger partial charge in [-0.2, -0.15) is 0 Å². The Labute approximate surface area is 150 Å². The number of nitrogens with zero attached hydrogens (tertiary/aromatic N) is 2. The molecule has 1 saturated heterocycles. The maximum absolute atomic E-state index is 14.1. The first-order chi connectivity index (χ1) is 12.3. The third-order valence-corrected chi connectivity index (χ3v) is 6.74. The fraction of sp³-hybridized carbons (Fsp3) is 0.333. The van der Waals surface area contributed by atoms with Crippen LogP contribution in [-0.4, -0.2) is 42.6 Å². The van der Waals surface area contributed by atoms with Crippen molar-refractivity contribution in [3.63, 3.8) is 0 Å². The number of amides is 1. The summed E-state index contributed by atoms with van der Waals surface area (Å²) in [6.07, 6.45) is 1.63. The molecule has 1 aliphatic heterocycles. The first-order valence-corrected chi connectivity index (χ1v) is 9.94. The number of carbonyl (C=O) groups is 1. The van der Waals surface area contributed by atoms with Gasteiger partial charge in [0.1, 0.15) is 11.4 Å². The van der Waals surface area contributed by atoms with E-state index in [0.29, 0.717) is 0 Å². The largest absolute Gasteiger partial charge is 0.337 e. The quantitative estimate of drug-likeness (QED) is 0.794. The molecule has 1 amide bonds. The number of hydrogen-bond donors (Lipinski definition) is 0. The van der Waals surface area contributed by atoms with Crippen molar-refractivity contribution in [3.8, 4) is 0 Å². The van der Waals surface area contributed by atoms with Gasteiger partial charge >= 0.3 is 0 Å². The van der Waals surface area contributed by atoms with E-state index in [2.05, 4.69) is 0 Å². The monoisotopic (exact) mass is 378 g/mol. The molecule has 0 bridgehead atoms. The number of halogens is 1. The van der Waals surface area contributed by atoms with Crippen LogP contribution in [0.5, 0.6) is 0 Å². The van der Waals surface area contributed by atoms with Crippen molar-refractivity contribution in [2.24, 2.45) is 7.05 Å². The number of aryl methyl sites for hydroxylation is 1. The van der Waals surface area contributed by atoms with Crippen LogP contribution in [0.4, 0.5) is 4.39 Å². The van der Waals surface area contributed by atoms with E-state index >= 15 is 0 Å². The molecule has 1 fully saturated rings. The van der Waals surface area contributed by atoms with Gasteiger partial charge in [0, 0.05) is 31.9 Å². The summed E-state index contributed by atoms with van der Waals surface area (Å²) in [6.45, 7) is 0.110. The maximum atomic E-state index is 14.1. The molecule has 1 aromatic carbocycles. The van der Waals surface area contributed by atoms with Crippen molar-refractivity contribution in [2.75, 3.05) is 18.8 Å². The molecule has 2 heterocycles. The minimum Gasteiger partial charge on any atom is -0.337 e. The van der Waals surface area contributed by atoms with Gasteiger partial charge in [-0.3, -0.25) is 9.59 Å². The van der Waals surface area contributed by atoms with E-state index in [4.69, 9.17) is 0 Å². The van der Waals surface area contributed by atoms with E-state index in [9.17, 15) is 22.4 Å². The molecule has 26 heavy (non-hydrogen) atoms. The predicted molar refractivity (Wildman–Crippen MR) is 95.1 cm³/mol. The zero-order valence-corrected chi connectivity index (χ0v) is 15.1. The Hall–Kier alpha value is -2.48. The number of pyridine rings is 1. The zero-order valence-electron chi connectivity index (χ0n) is 14.3. The molecule has 1 aromatic heterocycles. The molecule has 0 spiro atoms. The molecule has 0 radical (unpaired) electrons. The fourth-order valence-corrected chi connectivity index (χ4v) is 4.96. The summed E-state index contributed by atoms with van der Waals surface area (Å²) in [4.78, 5) is 26.2. The lowest BCUT2D eigenvalue weighted by atomic mass is 10.1. The van der Waals surface area contributed by atoms with Gasteiger partial charge in [-0.25, -0.2) is 12.8 Å². The van der Waals surface area contributed by atoms with Crippen LogP contribution in [0.2, 0.25) is 0 Å². The maximum Gasteiger partial charge on any atom is 0.263 e. The normalized spacial score (nSPS) is 19.8. The SMILES string of the molecule is Cn1cccc(C(=O)N2CC[C@@H](c3ccccc3F)S(=O)(=O)CC2)c1=O. The third-order valence-electron chi connectivity index (χ3n) is 4.63. The fourth-order valence-electron chi connectivity index (χ4n) is 3.16. The van der Waals surface area contributed by atoms with Gasteiger partial charge in [0.05, 0.1) is 11.0 Å². The third kappa shape index (κ3) is 3.41. The number of hydrogen-bond acceptors (Lipinski definition) is 4. The molecule has 1 aliphatic rings. The summed E-state index contributed by atoms with van der Waals surface area (Å²) in [7, 11) is -2.08. The van der Waals surface area contributed by atoms with Crippen LogP contribution in [0.15, 0.2) is 47.4 Å². The van der Waals surface area contributed by atoms with Crippen molar-refractivity contribution in [1.82, 2.24) is 9.47 Å². The van der Waals surface area contributed by atoms with Crippen molar-refractivity contribution >= 4 is 15.7 Å². The second-order valence-corrected chi connectivity index (χ2v) is 8.60. The second-order valence-electron chi connectivity index (χ2n) is 6.30. The molecule has 0 saturated carbocycles. The molecule has 0 aliphatic carbocycles. The van der Waals surface area contributed by atoms with Gasteiger partial charge < -0.3 is 9.47 Å². The second kappa shape index (κ2) is 7.03. The van der Waals surface area contributed by atoms with Gasteiger partial charge in [-0.15, -0.1) is 0 Å². The molecule has 3 rings (SSSR count). The minimum absolute atomic E-state index is 0.00302. The van der Waals surface area contributed by atoms with Crippen LogP contribution in [0.1, 0.15) is 27.6 Å². The van der Waals surface area contributed by atoms with Crippen molar-refractivity contribution in [3.05, 3.63) is 69.9 Å². The topological polar surface area (TPSA) is 76.5 Å². The average Bonchev–Trinajstić information content (AvgIpc) is 2.76. The Kier molecular flexibility index (Phi) is 4.95. The lowest BCUT2D eigenvalue weighted by Gasteiger charge is -2.20. The van der Waals surface area contributed by atoms with E-state index in [-0.39, 0.29) is 36.4 Å². The van der Waals surface area contributed by atoms with Gasteiger partial charge in [0.25, 0.3) is 11.5 Å². The summed E-state index contributed by atoms with van der Waals surface area (Å²) in [6, 6.07) is 8.80. The van der Waals surface area contributed by atoms with Gasteiger partial charge in [0.2, 0.25) is 0 Å². The number of rotatable bonds is 2. The van der Waals surface area contributed by atoms with Crippen LogP contribution in [0.3, 0.4) is 0 Å². The standard InChI is InChI=1S/C18H19FN2O4S/c1-20-9-4-6-14(17(20)22)18(23)21-10-8-16(26(24,25)12-11-21)13-5-2-3-7-15(13)19/h2-7,9,16H,8,10-12H2,1H3/t16-/m0/s1. The summed E-state index contributed by atoms with van der Waals surface area (Å²) < 4.78 is 40.6. The highest BCUT2D eigenvalue weighted by Crippen LogP contribution is 2.31. The summed E-state index contributed by atoms with van der Waals surface area (Å²) >= 11 is 0. The molecule has 8 heteroatoms. The van der Waals surface area contributed by atoms with E-state index in [1.807, 2.05) is 0 Å². The summed E-state index contributed by atoms with van der Waals surface area (Å²) in [5.74, 6) is -1.35. The van der Waals surface area contributed by atoms with E-state index in [1.54, 1.807) is 25.4 Å². The molecule has 6 nitrogen and oxygen atoms in total. The number of carbonyl (C=O) groups excluding carboxylic acids is 1. The highest BCUT2D eigenvalue weighted by atomic mass is 32.2. The first kappa shape index (κ1) is 18.3. The lowest BCUT2D eigenvalue weighted by molar-refractivity contribution is 0.0764. The molecule has 0 N–H and O–H groups in total. The minimum atomic E-state index is -3.62. The molecule has 1 atom stereocenters. The molecular formula is C18H19FN2O4S. The van der Waals surface area contributed by atoms with E-state index < -0.39 is 32.4 Å². The highest BCUT2D eigenvalue weighted by molar-refractivity contribution is 7.91. The smallest absolute Gasteiger partial charge is 0.263 e. The van der Waals surface area contributed by atoms with Gasteiger partial charge in [0.15, 0.2) is 9.84 Å². The first-order valence-electron chi connectivity index (χ1n) is 8.22. The summed E-state index contributed by atoms with van der Waals surface area (Å²) in [5.41, 5.74) is -0.315. The lowest BCUT2D eigenvalue weighted by Crippen LogP contribution is -2.37. The summed E-state index contributed by atoms with van der Waals surface area (Å²) in [5, 5.41) is -1.000. The van der Waals surface area contributed by atoms with Crippen molar-refractivity contribution < 1.29 is 17.6 Å². The van der Waals surface area contributed by atoms with Gasteiger partial charge in [-0.05, 0) is 24.6 Å². The molecule has 2 aromatic rings. The molecule has 138 valence electrons. The van der Waals surface area contributed by atoms with Crippen LogP contribution in [0.25, 0.3) is 0 Å². The number of benzene rings is 1. The molecular weight excluding hydrogens is 359 g/mol. The average molecular weight is 378 g/mol. The van der Waals surface area contributed by atoms with Crippen LogP contribution < -0.4 is 5.56 Å². The Balaban J connectivity index is 1.89. The Morgan fingerprint density at radius 2 is 1.88 bits per heavy atom. The Bertz CT molecular complexity index is 1000. The zero-order chi connectivity index (χ0) is 18.9. The number of aromatic nitrogens is 1. The number of sulfone groups is 1. The van der Waals surface area contributed by atoms with Crippen LogP contribution in [0, 0.1) is 5.82 Å². The van der Waals surface area contributed by atoms with Crippen LogP contribution >= 0.6 is 0 Å². The highest BCUT2D eigenvalue weighted by Gasteiger charge is 2.34. The van der Waals surface area contributed by atoms with Crippen LogP contribution in [-0.2, 0) is 16.9 Å². The van der Waals surface area contributed by atoms with E-state index in [0.717, 1.165) is 0 Å². The molecule has 0 unspecified atom stereocenters.